The van der Waals surface area contributed by atoms with Gasteiger partial charge >= 0.3 is 0 Å². The van der Waals surface area contributed by atoms with Crippen LogP contribution in [0.4, 0.5) is 11.4 Å². The van der Waals surface area contributed by atoms with Gasteiger partial charge in [0.2, 0.25) is 5.91 Å². The normalized spacial score (nSPS) is 23.0. The number of aryl methyl sites for hydroxylation is 2. The molecule has 3 rings (SSSR count). The second-order valence-electron chi connectivity index (χ2n) is 6.00. The van der Waals surface area contributed by atoms with Crippen molar-refractivity contribution in [1.29, 1.82) is 0 Å². The third-order valence-corrected chi connectivity index (χ3v) is 4.38. The smallest absolute Gasteiger partial charge is 0.246 e. The number of fused-ring (bicyclic) bond motifs is 1. The number of allylic oxidation sites excluding steroid dienone is 4. The molecule has 4 heteroatoms. The van der Waals surface area contributed by atoms with Crippen molar-refractivity contribution in [3.63, 3.8) is 0 Å². The number of hydrogen-bond donors (Lipinski definition) is 2. The van der Waals surface area contributed by atoms with Crippen LogP contribution in [0.5, 0.6) is 0 Å². The Morgan fingerprint density at radius 3 is 2.45 bits per heavy atom. The molecule has 22 heavy (non-hydrogen) atoms. The minimum absolute atomic E-state index is 0.0291. The molecule has 0 aromatic heterocycles. The van der Waals surface area contributed by atoms with Crippen LogP contribution in [0.15, 0.2) is 36.4 Å². The van der Waals surface area contributed by atoms with Crippen LogP contribution in [0.3, 0.4) is 0 Å². The van der Waals surface area contributed by atoms with E-state index < -0.39 is 0 Å². The monoisotopic (exact) mass is 296 g/mol. The fourth-order valence-corrected chi connectivity index (χ4v) is 2.87. The van der Waals surface area contributed by atoms with Crippen molar-refractivity contribution in [3.05, 3.63) is 47.6 Å². The van der Waals surface area contributed by atoms with Gasteiger partial charge in [0, 0.05) is 5.92 Å². The maximum atomic E-state index is 12.2. The summed E-state index contributed by atoms with van der Waals surface area (Å²) < 4.78 is 0. The number of rotatable bonds is 3. The Morgan fingerprint density at radius 2 is 1.73 bits per heavy atom. The van der Waals surface area contributed by atoms with E-state index in [9.17, 15) is 9.59 Å². The van der Waals surface area contributed by atoms with E-state index in [1.165, 1.54) is 5.56 Å². The highest BCUT2D eigenvalue weighted by molar-refractivity contribution is 6.03. The SMILES string of the molecule is Cc1cc2c(cc1C)NC(CCC1C=CC=CC1=O)C(=O)N2. The zero-order valence-corrected chi connectivity index (χ0v) is 12.8. The number of hydrogen-bond acceptors (Lipinski definition) is 3. The van der Waals surface area contributed by atoms with Gasteiger partial charge in [0.05, 0.1) is 11.4 Å². The molecule has 2 aliphatic rings. The van der Waals surface area contributed by atoms with Gasteiger partial charge in [-0.05, 0) is 56.0 Å². The molecule has 2 unspecified atom stereocenters. The molecule has 0 radical (unpaired) electrons. The molecule has 1 aliphatic carbocycles. The summed E-state index contributed by atoms with van der Waals surface area (Å²) in [6.07, 6.45) is 8.45. The average molecular weight is 296 g/mol. The summed E-state index contributed by atoms with van der Waals surface area (Å²) in [6.45, 7) is 4.09. The molecule has 1 aromatic carbocycles. The molecule has 114 valence electrons. The highest BCUT2D eigenvalue weighted by atomic mass is 16.2. The predicted octanol–water partition coefficient (Wildman–Crippen LogP) is 3.13. The molecule has 0 saturated carbocycles. The minimum Gasteiger partial charge on any atom is -0.372 e. The zero-order valence-electron chi connectivity index (χ0n) is 12.8. The first-order valence-electron chi connectivity index (χ1n) is 7.62. The zero-order chi connectivity index (χ0) is 15.7. The lowest BCUT2D eigenvalue weighted by atomic mass is 9.91. The summed E-state index contributed by atoms with van der Waals surface area (Å²) in [6, 6.07) is 3.76. The van der Waals surface area contributed by atoms with Gasteiger partial charge in [0.25, 0.3) is 0 Å². The lowest BCUT2D eigenvalue weighted by Gasteiger charge is -2.28. The molecule has 2 N–H and O–H groups in total. The Morgan fingerprint density at radius 1 is 1.00 bits per heavy atom. The van der Waals surface area contributed by atoms with Gasteiger partial charge in [-0.2, -0.15) is 0 Å². The minimum atomic E-state index is -0.290. The summed E-state index contributed by atoms with van der Waals surface area (Å²) in [5.41, 5.74) is 4.14. The van der Waals surface area contributed by atoms with E-state index in [1.807, 2.05) is 25.1 Å². The highest BCUT2D eigenvalue weighted by Gasteiger charge is 2.27. The number of nitrogens with one attached hydrogen (secondary N) is 2. The van der Waals surface area contributed by atoms with Crippen LogP contribution in [-0.4, -0.2) is 17.7 Å². The first-order chi connectivity index (χ1) is 10.5. The molecule has 2 atom stereocenters. The number of anilines is 2. The molecule has 0 bridgehead atoms. The van der Waals surface area contributed by atoms with Gasteiger partial charge < -0.3 is 10.6 Å². The fourth-order valence-electron chi connectivity index (χ4n) is 2.87. The van der Waals surface area contributed by atoms with Crippen LogP contribution in [0, 0.1) is 19.8 Å². The quantitative estimate of drug-likeness (QED) is 0.901. The second kappa shape index (κ2) is 5.79. The molecule has 0 saturated heterocycles. The summed E-state index contributed by atoms with van der Waals surface area (Å²) in [7, 11) is 0. The molecule has 1 amide bonds. The van der Waals surface area contributed by atoms with E-state index in [4.69, 9.17) is 0 Å². The van der Waals surface area contributed by atoms with E-state index in [-0.39, 0.29) is 23.7 Å². The van der Waals surface area contributed by atoms with Gasteiger partial charge in [-0.3, -0.25) is 9.59 Å². The van der Waals surface area contributed by atoms with Crippen molar-refractivity contribution >= 4 is 23.1 Å². The Hall–Kier alpha value is -2.36. The van der Waals surface area contributed by atoms with E-state index in [1.54, 1.807) is 12.2 Å². The van der Waals surface area contributed by atoms with Gasteiger partial charge in [-0.25, -0.2) is 0 Å². The first kappa shape index (κ1) is 14.6. The van der Waals surface area contributed by atoms with E-state index in [0.717, 1.165) is 16.9 Å². The molecule has 1 aliphatic heterocycles. The van der Waals surface area contributed by atoms with E-state index in [0.29, 0.717) is 12.8 Å². The van der Waals surface area contributed by atoms with Gasteiger partial charge in [-0.15, -0.1) is 0 Å². The second-order valence-corrected chi connectivity index (χ2v) is 6.00. The van der Waals surface area contributed by atoms with Crippen LogP contribution < -0.4 is 10.6 Å². The van der Waals surface area contributed by atoms with Crippen LogP contribution >= 0.6 is 0 Å². The lowest BCUT2D eigenvalue weighted by Crippen LogP contribution is -2.39. The standard InChI is InChI=1S/C18H20N2O2/c1-11-9-15-16(10-12(11)2)20-18(22)14(19-15)8-7-13-5-3-4-6-17(13)21/h3-6,9-10,13-14,19H,7-8H2,1-2H3,(H,20,22). The first-order valence-corrected chi connectivity index (χ1v) is 7.62. The Bertz CT molecular complexity index is 689. The molecule has 1 aromatic rings. The number of carbonyl (C=O) groups excluding carboxylic acids is 2. The summed E-state index contributed by atoms with van der Waals surface area (Å²) >= 11 is 0. The summed E-state index contributed by atoms with van der Waals surface area (Å²) in [5.74, 6) is -0.0233. The van der Waals surface area contributed by atoms with Crippen LogP contribution in [0.2, 0.25) is 0 Å². The van der Waals surface area contributed by atoms with Gasteiger partial charge in [0.1, 0.15) is 6.04 Å². The molecule has 0 spiro atoms. The third-order valence-electron chi connectivity index (χ3n) is 4.38. The fraction of sp³-hybridized carbons (Fsp3) is 0.333. The maximum absolute atomic E-state index is 12.2. The van der Waals surface area contributed by atoms with Crippen molar-refractivity contribution in [2.45, 2.75) is 32.7 Å². The molecular weight excluding hydrogens is 276 g/mol. The molecule has 0 fully saturated rings. The Balaban J connectivity index is 1.69. The summed E-state index contributed by atoms with van der Waals surface area (Å²) in [5, 5.41) is 6.26. The average Bonchev–Trinajstić information content (AvgIpc) is 2.48. The number of amides is 1. The summed E-state index contributed by atoms with van der Waals surface area (Å²) in [4.78, 5) is 24.0. The van der Waals surface area contributed by atoms with Crippen LogP contribution in [0.1, 0.15) is 24.0 Å². The van der Waals surface area contributed by atoms with Gasteiger partial charge in [0.15, 0.2) is 5.78 Å². The maximum Gasteiger partial charge on any atom is 0.246 e. The van der Waals surface area contributed by atoms with Crippen molar-refractivity contribution in [2.75, 3.05) is 10.6 Å². The molecule has 1 heterocycles. The largest absolute Gasteiger partial charge is 0.372 e. The Kier molecular flexibility index (Phi) is 3.84. The molecular formula is C18H20N2O2. The number of ketones is 1. The molecule has 4 nitrogen and oxygen atoms in total. The van der Waals surface area contributed by atoms with Crippen LogP contribution in [0.25, 0.3) is 0 Å². The van der Waals surface area contributed by atoms with Crippen molar-refractivity contribution in [3.8, 4) is 0 Å². The number of carbonyl (C=O) groups is 2. The Labute approximate surface area is 130 Å². The lowest BCUT2D eigenvalue weighted by molar-refractivity contribution is -0.119. The van der Waals surface area contributed by atoms with Crippen molar-refractivity contribution in [1.82, 2.24) is 0 Å². The van der Waals surface area contributed by atoms with Crippen molar-refractivity contribution in [2.24, 2.45) is 5.92 Å². The van der Waals surface area contributed by atoms with Crippen LogP contribution in [-0.2, 0) is 9.59 Å². The van der Waals surface area contributed by atoms with E-state index in [2.05, 4.69) is 23.6 Å². The highest BCUT2D eigenvalue weighted by Crippen LogP contribution is 2.31. The third kappa shape index (κ3) is 2.82. The van der Waals surface area contributed by atoms with Gasteiger partial charge in [-0.1, -0.05) is 18.2 Å². The predicted molar refractivity (Wildman–Crippen MR) is 88.0 cm³/mol. The number of benzene rings is 1. The topological polar surface area (TPSA) is 58.2 Å². The van der Waals surface area contributed by atoms with Crippen molar-refractivity contribution < 1.29 is 9.59 Å². The van der Waals surface area contributed by atoms with E-state index >= 15 is 0 Å².